The van der Waals surface area contributed by atoms with Crippen molar-refractivity contribution in [3.8, 4) is 0 Å². The molecule has 0 radical (unpaired) electrons. The summed E-state index contributed by atoms with van der Waals surface area (Å²) < 4.78 is 30.8. The second kappa shape index (κ2) is 5.00. The summed E-state index contributed by atoms with van der Waals surface area (Å²) in [7, 11) is -3.34. The average molecular weight is 300 g/mol. The smallest absolute Gasteiger partial charge is 0.422 e. The molecule has 1 aromatic carbocycles. The number of carboxylic acid groups (broad SMARTS) is 1. The average Bonchev–Trinajstić information content (AvgIpc) is 2.78. The zero-order chi connectivity index (χ0) is 14.9. The summed E-state index contributed by atoms with van der Waals surface area (Å²) in [6.45, 7) is 0. The molecule has 8 nitrogen and oxygen atoms in total. The quantitative estimate of drug-likeness (QED) is 0.818. The predicted molar refractivity (Wildman–Crippen MR) is 68.5 cm³/mol. The van der Waals surface area contributed by atoms with Crippen LogP contribution in [0.4, 0.5) is 10.5 Å². The van der Waals surface area contributed by atoms with Crippen LogP contribution in [0.2, 0.25) is 0 Å². The number of hydrogen-bond acceptors (Lipinski definition) is 5. The Morgan fingerprint density at radius 3 is 2.65 bits per heavy atom. The first kappa shape index (κ1) is 14.1. The van der Waals surface area contributed by atoms with Crippen LogP contribution in [0.3, 0.4) is 0 Å². The number of aliphatic carboxylic acids is 1. The zero-order valence-corrected chi connectivity index (χ0v) is 11.3. The fourth-order valence-corrected chi connectivity index (χ4v) is 3.37. The molecule has 0 aliphatic carbocycles. The Morgan fingerprint density at radius 1 is 1.40 bits per heavy atom. The lowest BCUT2D eigenvalue weighted by Gasteiger charge is -2.23. The van der Waals surface area contributed by atoms with Crippen LogP contribution in [0.1, 0.15) is 5.56 Å². The molecule has 1 atom stereocenters. The van der Waals surface area contributed by atoms with E-state index in [1.165, 1.54) is 6.07 Å². The van der Waals surface area contributed by atoms with E-state index in [4.69, 9.17) is 5.11 Å². The molecule has 0 bridgehead atoms. The van der Waals surface area contributed by atoms with Gasteiger partial charge in [-0.2, -0.15) is 8.42 Å². The maximum Gasteiger partial charge on any atom is 0.422 e. The summed E-state index contributed by atoms with van der Waals surface area (Å²) in [4.78, 5) is 22.3. The molecule has 2 N–H and O–H groups in total. The van der Waals surface area contributed by atoms with Gasteiger partial charge >= 0.3 is 22.3 Å². The highest BCUT2D eigenvalue weighted by atomic mass is 32.2. The van der Waals surface area contributed by atoms with E-state index in [9.17, 15) is 18.0 Å². The van der Waals surface area contributed by atoms with E-state index in [0.717, 1.165) is 7.11 Å². The largest absolute Gasteiger partial charge is 0.480 e. The standard InChI is InChI=1S/C11H12N2O6S/c1-19-11(16)12-20(17,18)13-8-5-3-2-4-7(8)6-9(13)10(14)15/h2-5,9H,6H2,1H3,(H,12,16)(H,14,15). The molecule has 0 fully saturated rings. The molecule has 0 spiro atoms. The predicted octanol–water partition coefficient (Wildman–Crippen LogP) is 0.103. The molecule has 108 valence electrons. The molecule has 0 aromatic heterocycles. The van der Waals surface area contributed by atoms with Crippen molar-refractivity contribution in [1.82, 2.24) is 4.72 Å². The lowest BCUT2D eigenvalue weighted by atomic mass is 10.1. The SMILES string of the molecule is COC(=O)NS(=O)(=O)N1c2ccccc2CC1C(=O)O. The Labute approximate surface area is 115 Å². The minimum Gasteiger partial charge on any atom is -0.480 e. The van der Waals surface area contributed by atoms with E-state index in [2.05, 4.69) is 4.74 Å². The fourth-order valence-electron chi connectivity index (χ4n) is 2.04. The van der Waals surface area contributed by atoms with Gasteiger partial charge in [-0.15, -0.1) is 0 Å². The first-order valence-electron chi connectivity index (χ1n) is 5.57. The minimum atomic E-state index is -4.35. The van der Waals surface area contributed by atoms with Crippen molar-refractivity contribution in [1.29, 1.82) is 0 Å². The number of para-hydroxylation sites is 1. The van der Waals surface area contributed by atoms with E-state index in [0.29, 0.717) is 9.87 Å². The van der Waals surface area contributed by atoms with Crippen LogP contribution in [0, 0.1) is 0 Å². The van der Waals surface area contributed by atoms with Crippen molar-refractivity contribution in [3.63, 3.8) is 0 Å². The monoisotopic (exact) mass is 300 g/mol. The Hall–Kier alpha value is -2.29. The van der Waals surface area contributed by atoms with Crippen LogP contribution in [-0.4, -0.2) is 38.7 Å². The molecular formula is C11H12N2O6S. The maximum absolute atomic E-state index is 12.1. The highest BCUT2D eigenvalue weighted by Crippen LogP contribution is 2.33. The summed E-state index contributed by atoms with van der Waals surface area (Å²) in [5.74, 6) is -1.29. The van der Waals surface area contributed by atoms with Gasteiger partial charge in [0.15, 0.2) is 0 Å². The summed E-state index contributed by atoms with van der Waals surface area (Å²) >= 11 is 0. The van der Waals surface area contributed by atoms with E-state index in [-0.39, 0.29) is 12.1 Å². The van der Waals surface area contributed by atoms with Crippen molar-refractivity contribution >= 4 is 28.0 Å². The van der Waals surface area contributed by atoms with Crippen LogP contribution in [-0.2, 0) is 26.2 Å². The number of hydrogen-bond donors (Lipinski definition) is 2. The van der Waals surface area contributed by atoms with E-state index >= 15 is 0 Å². The van der Waals surface area contributed by atoms with Crippen LogP contribution in [0.15, 0.2) is 24.3 Å². The van der Waals surface area contributed by atoms with Crippen molar-refractivity contribution in [2.75, 3.05) is 11.4 Å². The molecule has 1 aliphatic rings. The van der Waals surface area contributed by atoms with Crippen LogP contribution >= 0.6 is 0 Å². The van der Waals surface area contributed by atoms with Gasteiger partial charge in [0.1, 0.15) is 6.04 Å². The maximum atomic E-state index is 12.1. The van der Waals surface area contributed by atoms with E-state index < -0.39 is 28.3 Å². The third kappa shape index (κ3) is 2.39. The number of benzene rings is 1. The molecule has 1 unspecified atom stereocenters. The molecule has 0 saturated heterocycles. The van der Waals surface area contributed by atoms with Crippen molar-refractivity contribution in [3.05, 3.63) is 29.8 Å². The molecule has 1 aromatic rings. The van der Waals surface area contributed by atoms with Gasteiger partial charge in [0.25, 0.3) is 0 Å². The molecule has 1 amide bonds. The van der Waals surface area contributed by atoms with Gasteiger partial charge in [-0.25, -0.2) is 18.6 Å². The third-order valence-corrected chi connectivity index (χ3v) is 4.26. The van der Waals surface area contributed by atoms with E-state index in [1.54, 1.807) is 22.9 Å². The van der Waals surface area contributed by atoms with Gasteiger partial charge < -0.3 is 9.84 Å². The van der Waals surface area contributed by atoms with Crippen molar-refractivity contribution in [2.45, 2.75) is 12.5 Å². The molecule has 2 rings (SSSR count). The van der Waals surface area contributed by atoms with Crippen molar-refractivity contribution in [2.24, 2.45) is 0 Å². The number of nitrogens with zero attached hydrogens (tertiary/aromatic N) is 1. The molecule has 20 heavy (non-hydrogen) atoms. The number of rotatable bonds is 3. The fraction of sp³-hybridized carbons (Fsp3) is 0.273. The van der Waals surface area contributed by atoms with E-state index in [1.807, 2.05) is 0 Å². The second-order valence-electron chi connectivity index (χ2n) is 4.08. The summed E-state index contributed by atoms with van der Waals surface area (Å²) in [5, 5.41) is 9.16. The van der Waals surface area contributed by atoms with Crippen molar-refractivity contribution < 1.29 is 27.9 Å². The van der Waals surface area contributed by atoms with Gasteiger partial charge in [-0.3, -0.25) is 0 Å². The van der Waals surface area contributed by atoms with Crippen LogP contribution < -0.4 is 9.03 Å². The Bertz CT molecular complexity index is 657. The van der Waals surface area contributed by atoms with Gasteiger partial charge in [0.05, 0.1) is 12.8 Å². The van der Waals surface area contributed by atoms with Crippen LogP contribution in [0.5, 0.6) is 0 Å². The topological polar surface area (TPSA) is 113 Å². The Morgan fingerprint density at radius 2 is 2.05 bits per heavy atom. The van der Waals surface area contributed by atoms with Crippen LogP contribution in [0.25, 0.3) is 0 Å². The molecule has 0 saturated carbocycles. The number of carbonyl (C=O) groups is 2. The summed E-state index contributed by atoms with van der Waals surface area (Å²) in [5.41, 5.74) is 0.812. The van der Waals surface area contributed by atoms with Gasteiger partial charge in [0.2, 0.25) is 0 Å². The minimum absolute atomic E-state index is 0.0353. The third-order valence-electron chi connectivity index (χ3n) is 2.87. The first-order valence-corrected chi connectivity index (χ1v) is 7.01. The molecule has 1 aliphatic heterocycles. The second-order valence-corrected chi connectivity index (χ2v) is 5.63. The van der Waals surface area contributed by atoms with Gasteiger partial charge in [0, 0.05) is 6.42 Å². The first-order chi connectivity index (χ1) is 9.36. The highest BCUT2D eigenvalue weighted by molar-refractivity contribution is 7.91. The Balaban J connectivity index is 2.45. The number of anilines is 1. The number of fused-ring (bicyclic) bond motifs is 1. The summed E-state index contributed by atoms with van der Waals surface area (Å²) in [6, 6.07) is 5.09. The normalized spacial score (nSPS) is 17.4. The number of nitrogens with one attached hydrogen (secondary N) is 1. The highest BCUT2D eigenvalue weighted by Gasteiger charge is 2.42. The lowest BCUT2D eigenvalue weighted by molar-refractivity contribution is -0.138. The van der Waals surface area contributed by atoms with Gasteiger partial charge in [-0.05, 0) is 11.6 Å². The lowest BCUT2D eigenvalue weighted by Crippen LogP contribution is -2.49. The van der Waals surface area contributed by atoms with Gasteiger partial charge in [-0.1, -0.05) is 18.2 Å². The zero-order valence-electron chi connectivity index (χ0n) is 10.4. The number of methoxy groups -OCH3 is 1. The number of carbonyl (C=O) groups excluding carboxylic acids is 1. The molecule has 9 heteroatoms. The molecule has 1 heterocycles. The number of amides is 1. The number of carboxylic acids is 1. The number of ether oxygens (including phenoxy) is 1. The summed E-state index contributed by atoms with van der Waals surface area (Å²) in [6.07, 6.45) is -1.15. The Kier molecular flexibility index (Phi) is 3.53. The molecular weight excluding hydrogens is 288 g/mol.